The molecule has 0 atom stereocenters. The Hall–Kier alpha value is -6.69. The molecule has 8 bridgehead atoms. The Kier molecular flexibility index (Phi) is 13.9. The van der Waals surface area contributed by atoms with Gasteiger partial charge in [-0.25, -0.2) is 0 Å². The Bertz CT molecular complexity index is 2960. The van der Waals surface area contributed by atoms with Crippen molar-refractivity contribution in [3.05, 3.63) is 142 Å². The Morgan fingerprint density at radius 2 is 0.833 bits per heavy atom. The van der Waals surface area contributed by atoms with E-state index in [1.807, 2.05) is 42.3 Å². The molecule has 0 unspecified atom stereocenters. The second kappa shape index (κ2) is 19.4. The molecule has 0 saturated carbocycles. The zero-order valence-electron chi connectivity index (χ0n) is 39.9. The van der Waals surface area contributed by atoms with Gasteiger partial charge in [0.25, 0.3) is 0 Å². The minimum Gasteiger partial charge on any atom is -0.658 e. The van der Waals surface area contributed by atoms with E-state index in [-0.39, 0.29) is 24.2 Å². The number of aliphatic imine (C=N–C) groups is 2. The first-order chi connectivity index (χ1) is 31.0. The van der Waals surface area contributed by atoms with Gasteiger partial charge in [-0.2, -0.15) is 0 Å². The van der Waals surface area contributed by atoms with Crippen LogP contribution in [0.5, 0.6) is 0 Å². The fourth-order valence-corrected chi connectivity index (χ4v) is 10.0. The van der Waals surface area contributed by atoms with Crippen LogP contribution in [0, 0.1) is 21.5 Å². The van der Waals surface area contributed by atoms with Crippen molar-refractivity contribution in [2.45, 2.75) is 25.7 Å². The molecule has 11 heteroatoms. The molecule has 0 aliphatic carbocycles. The Morgan fingerprint density at radius 1 is 0.500 bits per heavy atom. The van der Waals surface area contributed by atoms with Gasteiger partial charge < -0.3 is 46.1 Å². The molecule has 5 heterocycles. The molecular weight excluding hydrogens is 860 g/mol. The van der Waals surface area contributed by atoms with E-state index in [9.17, 15) is 0 Å². The van der Waals surface area contributed by atoms with Gasteiger partial charge in [0.15, 0.2) is 11.9 Å². The van der Waals surface area contributed by atoms with Gasteiger partial charge in [-0.3, -0.25) is 9.98 Å². The molecule has 66 heavy (non-hydrogen) atoms. The summed E-state index contributed by atoms with van der Waals surface area (Å²) < 4.78 is 4.15. The van der Waals surface area contributed by atoms with E-state index in [1.54, 1.807) is 0 Å². The van der Waals surface area contributed by atoms with Crippen molar-refractivity contribution in [3.8, 4) is 45.0 Å². The molecule has 0 amide bonds. The van der Waals surface area contributed by atoms with E-state index in [2.05, 4.69) is 162 Å². The van der Waals surface area contributed by atoms with Gasteiger partial charge in [0.1, 0.15) is 22.8 Å². The molecule has 0 fully saturated rings. The van der Waals surface area contributed by atoms with Gasteiger partial charge in [0.05, 0.1) is 0 Å². The maximum atomic E-state index is 5.51. The quantitative estimate of drug-likeness (QED) is 0.0657. The minimum absolute atomic E-state index is 0. The van der Waals surface area contributed by atoms with Crippen LogP contribution < -0.4 is 19.1 Å². The van der Waals surface area contributed by atoms with Gasteiger partial charge in [0, 0.05) is 83.6 Å². The van der Waals surface area contributed by atoms with Crippen LogP contribution in [0.1, 0.15) is 24.0 Å². The van der Waals surface area contributed by atoms with Crippen molar-refractivity contribution >= 4 is 55.5 Å². The maximum Gasteiger partial charge on any atom is 3.00 e. The van der Waals surface area contributed by atoms with Crippen molar-refractivity contribution in [1.29, 1.82) is 0 Å². The molecule has 0 radical (unpaired) electrons. The fourth-order valence-electron chi connectivity index (χ4n) is 10.0. The summed E-state index contributed by atoms with van der Waals surface area (Å²) in [6.45, 7) is 1.74. The number of guanidine groups is 2. The smallest absolute Gasteiger partial charge is 0.658 e. The first kappa shape index (κ1) is 47.3. The van der Waals surface area contributed by atoms with Crippen LogP contribution in [0.25, 0.3) is 88.6 Å². The summed E-state index contributed by atoms with van der Waals surface area (Å²) in [6, 6.07) is 39.4. The van der Waals surface area contributed by atoms with Crippen LogP contribution in [0.2, 0.25) is 0 Å². The fraction of sp³-hybridized carbons (Fsp3) is 0.255. The van der Waals surface area contributed by atoms with Gasteiger partial charge in [-0.15, -0.1) is 22.1 Å². The number of nitrogens with zero attached hydrogens (tertiary/aromatic N) is 10. The number of hydrogen-bond donors (Lipinski definition) is 0. The molecule has 0 N–H and O–H groups in total. The standard InChI is InChI=1S/C54H58N10.CH3.Co/c1-55-53(59(3)4)61(7)29-17-21-35-19-15-27-41-43-31-47-38-24-12-14-26-40(38)50(64(47)10)34-46-52-36(22-18-30-62(8)54(56-2)60(5)6)20-16-28-42(52)44(58-46)32-48-37-23-11-13-25-39(37)49(63(48)9)33-45(57-43)51(35)41;;/h11-16,19-20,23-28,31-34H,9-10,17-18,21-22,29-30H2,1-8H3;1H3;/q-2;-1;+3. The summed E-state index contributed by atoms with van der Waals surface area (Å²) in [5.41, 5.74) is 14.7. The van der Waals surface area contributed by atoms with Crippen molar-refractivity contribution in [2.24, 2.45) is 9.98 Å². The van der Waals surface area contributed by atoms with E-state index >= 15 is 0 Å². The van der Waals surface area contributed by atoms with Crippen LogP contribution in [0.3, 0.4) is 0 Å². The van der Waals surface area contributed by atoms with Crippen molar-refractivity contribution in [3.63, 3.8) is 0 Å². The Balaban J connectivity index is 0.00000324. The average Bonchev–Trinajstić information content (AvgIpc) is 3.97. The zero-order valence-corrected chi connectivity index (χ0v) is 40.9. The summed E-state index contributed by atoms with van der Waals surface area (Å²) in [4.78, 5) is 28.6. The largest absolute Gasteiger partial charge is 3.00 e. The predicted molar refractivity (Wildman–Crippen MR) is 272 cm³/mol. The van der Waals surface area contributed by atoms with E-state index < -0.39 is 0 Å². The first-order valence-corrected chi connectivity index (χ1v) is 22.1. The van der Waals surface area contributed by atoms with Crippen LogP contribution >= 0.6 is 0 Å². The summed E-state index contributed by atoms with van der Waals surface area (Å²) in [6.07, 6.45) is 3.69. The van der Waals surface area contributed by atoms with Crippen LogP contribution in [-0.4, -0.2) is 101 Å². The van der Waals surface area contributed by atoms with E-state index in [1.165, 1.54) is 21.9 Å². The molecule has 7 aromatic rings. The summed E-state index contributed by atoms with van der Waals surface area (Å²) in [5, 5.41) is 4.56. The third kappa shape index (κ3) is 8.37. The minimum atomic E-state index is 0. The summed E-state index contributed by atoms with van der Waals surface area (Å²) in [7, 11) is 25.5. The molecule has 340 valence electrons. The molecule has 4 aromatic carbocycles. The molecule has 2 aliphatic heterocycles. The molecular formula is C55H61CoN10. The van der Waals surface area contributed by atoms with Crippen LogP contribution in [0.4, 0.5) is 0 Å². The molecule has 9 rings (SSSR count). The van der Waals surface area contributed by atoms with E-state index in [0.29, 0.717) is 0 Å². The van der Waals surface area contributed by atoms with Crippen molar-refractivity contribution in [2.75, 3.05) is 69.5 Å². The number of fused-ring (bicyclic) bond motifs is 20. The second-order valence-corrected chi connectivity index (χ2v) is 17.4. The van der Waals surface area contributed by atoms with E-state index in [4.69, 9.17) is 24.1 Å². The molecule has 0 spiro atoms. The average molecular weight is 921 g/mol. The van der Waals surface area contributed by atoms with Gasteiger partial charge in [0.2, 0.25) is 0 Å². The first-order valence-electron chi connectivity index (χ1n) is 22.1. The predicted octanol–water partition coefficient (Wildman–Crippen LogP) is 8.88. The maximum absolute atomic E-state index is 5.51. The number of hydrogen-bond acceptors (Lipinski definition) is 2. The Morgan fingerprint density at radius 3 is 1.15 bits per heavy atom. The second-order valence-electron chi connectivity index (χ2n) is 17.4. The third-order valence-electron chi connectivity index (χ3n) is 12.8. The number of rotatable bonds is 8. The summed E-state index contributed by atoms with van der Waals surface area (Å²) >= 11 is 0. The molecule has 10 nitrogen and oxygen atoms in total. The normalized spacial score (nSPS) is 12.1. The Labute approximate surface area is 401 Å². The molecule has 2 aliphatic rings. The topological polar surface area (TPSA) is 73.6 Å². The molecule has 0 saturated heterocycles. The van der Waals surface area contributed by atoms with Gasteiger partial charge in [-0.05, 0) is 80.6 Å². The number of benzene rings is 4. The summed E-state index contributed by atoms with van der Waals surface area (Å²) in [5.74, 6) is 1.92. The van der Waals surface area contributed by atoms with Gasteiger partial charge >= 0.3 is 16.8 Å². The van der Waals surface area contributed by atoms with Crippen molar-refractivity contribution < 1.29 is 25.9 Å². The van der Waals surface area contributed by atoms with Crippen LogP contribution in [-0.2, 0) is 29.6 Å². The van der Waals surface area contributed by atoms with Crippen molar-refractivity contribution in [1.82, 2.24) is 29.6 Å². The van der Waals surface area contributed by atoms with E-state index in [0.717, 1.165) is 129 Å². The zero-order chi connectivity index (χ0) is 44.8. The van der Waals surface area contributed by atoms with Crippen LogP contribution in [0.15, 0.2) is 119 Å². The number of aromatic nitrogens is 4. The third-order valence-corrected chi connectivity index (χ3v) is 12.8. The molecule has 3 aromatic heterocycles. The number of aryl methyl sites for hydroxylation is 2. The van der Waals surface area contributed by atoms with Gasteiger partial charge in [-0.1, -0.05) is 109 Å². The SMILES string of the molecule is [CH2-][n+]1c2cc3[n-]c(cc4[n+]([CH2-])c(cc5[n-]c(cc1-c1ccccc1-2)c1c(CCCN(C)C(=NC)N(C)C)cccc51)-c1ccccc1-4)c1c(CCCN(C)C(=NC)N(C)C)cccc31.[CH3-].[Co+3]. The monoisotopic (exact) mass is 920 g/mol.